The van der Waals surface area contributed by atoms with E-state index in [2.05, 4.69) is 29.6 Å². The molecule has 2 fully saturated rings. The zero-order valence-corrected chi connectivity index (χ0v) is 13.1. The zero-order chi connectivity index (χ0) is 15.3. The van der Waals surface area contributed by atoms with Crippen molar-refractivity contribution in [2.24, 2.45) is 5.41 Å². The summed E-state index contributed by atoms with van der Waals surface area (Å²) in [6.07, 6.45) is 5.68. The lowest BCUT2D eigenvalue weighted by atomic mass is 9.65. The molecule has 1 heterocycles. The van der Waals surface area contributed by atoms with Crippen LogP contribution in [0.5, 0.6) is 0 Å². The Labute approximate surface area is 132 Å². The van der Waals surface area contributed by atoms with Gasteiger partial charge in [-0.2, -0.15) is 0 Å². The summed E-state index contributed by atoms with van der Waals surface area (Å²) in [7, 11) is 0. The van der Waals surface area contributed by atoms with Crippen LogP contribution in [-0.4, -0.2) is 38.4 Å². The summed E-state index contributed by atoms with van der Waals surface area (Å²) in [6.45, 7) is 2.26. The van der Waals surface area contributed by atoms with Crippen LogP contribution in [0.3, 0.4) is 0 Å². The Hall–Kier alpha value is -1.39. The molecule has 4 heteroatoms. The van der Waals surface area contributed by atoms with Gasteiger partial charge in [0.15, 0.2) is 0 Å². The summed E-state index contributed by atoms with van der Waals surface area (Å²) in [5.74, 6) is -0.00811. The first-order valence-corrected chi connectivity index (χ1v) is 8.26. The van der Waals surface area contributed by atoms with E-state index in [9.17, 15) is 4.79 Å². The predicted molar refractivity (Wildman–Crippen MR) is 84.6 cm³/mol. The zero-order valence-electron chi connectivity index (χ0n) is 13.1. The highest BCUT2D eigenvalue weighted by Gasteiger charge is 2.37. The molecule has 0 radical (unpaired) electrons. The molecule has 1 aliphatic carbocycles. The molecule has 22 heavy (non-hydrogen) atoms. The molecule has 1 atom stereocenters. The quantitative estimate of drug-likeness (QED) is 0.841. The minimum Gasteiger partial charge on any atom is -0.379 e. The molecular formula is C18H25NO3. The lowest BCUT2D eigenvalue weighted by Gasteiger charge is -2.42. The maximum atomic E-state index is 12.0. The van der Waals surface area contributed by atoms with Crippen LogP contribution in [0.2, 0.25) is 0 Å². The summed E-state index contributed by atoms with van der Waals surface area (Å²) in [6, 6.07) is 10.6. The summed E-state index contributed by atoms with van der Waals surface area (Å²) < 4.78 is 10.8. The van der Waals surface area contributed by atoms with Crippen LogP contribution in [0.25, 0.3) is 0 Å². The second-order valence-electron chi connectivity index (χ2n) is 6.59. The van der Waals surface area contributed by atoms with Crippen molar-refractivity contribution in [2.45, 2.75) is 38.2 Å². The third-order valence-electron chi connectivity index (χ3n) is 4.83. The molecule has 120 valence electrons. The fourth-order valence-corrected chi connectivity index (χ4v) is 3.30. The maximum absolute atomic E-state index is 12.0. The Bertz CT molecular complexity index is 478. The largest absolute Gasteiger partial charge is 0.379 e. The lowest BCUT2D eigenvalue weighted by molar-refractivity contribution is -0.128. The van der Waals surface area contributed by atoms with Crippen molar-refractivity contribution >= 4 is 5.91 Å². The van der Waals surface area contributed by atoms with Crippen molar-refractivity contribution in [1.29, 1.82) is 0 Å². The number of ether oxygens (including phenoxy) is 2. The number of hydrogen-bond donors (Lipinski definition) is 1. The highest BCUT2D eigenvalue weighted by molar-refractivity contribution is 5.77. The van der Waals surface area contributed by atoms with E-state index in [0.29, 0.717) is 6.61 Å². The number of amides is 1. The van der Waals surface area contributed by atoms with E-state index in [-0.39, 0.29) is 24.0 Å². The second kappa shape index (κ2) is 7.25. The molecule has 0 unspecified atom stereocenters. The van der Waals surface area contributed by atoms with Crippen LogP contribution >= 0.6 is 0 Å². The molecule has 1 amide bonds. The van der Waals surface area contributed by atoms with Gasteiger partial charge in [0.05, 0.1) is 12.7 Å². The summed E-state index contributed by atoms with van der Waals surface area (Å²) in [5, 5.41) is 3.06. The van der Waals surface area contributed by atoms with E-state index in [4.69, 9.17) is 9.47 Å². The minimum atomic E-state index is -0.00811. The normalized spacial score (nSPS) is 23.0. The SMILES string of the molecule is O=C(CO[C@H]1CCOC1)NCC1(Cc2ccccc2)CCC1. The minimum absolute atomic E-state index is 0.00811. The molecule has 4 nitrogen and oxygen atoms in total. The Balaban J connectivity index is 1.43. The Kier molecular flexibility index (Phi) is 5.11. The predicted octanol–water partition coefficient (Wildman–Crippen LogP) is 2.32. The molecule has 0 spiro atoms. The summed E-state index contributed by atoms with van der Waals surface area (Å²) in [5.41, 5.74) is 1.60. The molecule has 1 saturated heterocycles. The number of carbonyl (C=O) groups excluding carboxylic acids is 1. The van der Waals surface area contributed by atoms with Crippen molar-refractivity contribution < 1.29 is 14.3 Å². The fourth-order valence-electron chi connectivity index (χ4n) is 3.30. The van der Waals surface area contributed by atoms with E-state index in [1.54, 1.807) is 0 Å². The topological polar surface area (TPSA) is 47.6 Å². The van der Waals surface area contributed by atoms with Crippen molar-refractivity contribution in [3.8, 4) is 0 Å². The van der Waals surface area contributed by atoms with E-state index in [1.807, 2.05) is 6.07 Å². The van der Waals surface area contributed by atoms with Gasteiger partial charge in [-0.25, -0.2) is 0 Å². The van der Waals surface area contributed by atoms with Crippen LogP contribution in [0.4, 0.5) is 0 Å². The van der Waals surface area contributed by atoms with Crippen molar-refractivity contribution in [1.82, 2.24) is 5.32 Å². The first-order chi connectivity index (χ1) is 10.8. The highest BCUT2D eigenvalue weighted by atomic mass is 16.5. The van der Waals surface area contributed by atoms with Gasteiger partial charge >= 0.3 is 0 Å². The number of nitrogens with one attached hydrogen (secondary N) is 1. The van der Waals surface area contributed by atoms with Crippen molar-refractivity contribution in [3.63, 3.8) is 0 Å². The van der Waals surface area contributed by atoms with Gasteiger partial charge < -0.3 is 14.8 Å². The van der Waals surface area contributed by atoms with E-state index in [0.717, 1.165) is 26.0 Å². The average Bonchev–Trinajstić information content (AvgIpc) is 3.02. The first-order valence-electron chi connectivity index (χ1n) is 8.26. The molecule has 0 aromatic heterocycles. The molecule has 0 bridgehead atoms. The third-order valence-corrected chi connectivity index (χ3v) is 4.83. The Morgan fingerprint density at radius 2 is 2.14 bits per heavy atom. The van der Waals surface area contributed by atoms with Crippen LogP contribution < -0.4 is 5.32 Å². The molecule has 2 aliphatic rings. The molecule has 1 saturated carbocycles. The Morgan fingerprint density at radius 3 is 2.77 bits per heavy atom. The molecule has 1 aromatic rings. The van der Waals surface area contributed by atoms with E-state index < -0.39 is 0 Å². The van der Waals surface area contributed by atoms with Gasteiger partial charge in [-0.15, -0.1) is 0 Å². The van der Waals surface area contributed by atoms with E-state index in [1.165, 1.54) is 24.8 Å². The van der Waals surface area contributed by atoms with Crippen LogP contribution in [0, 0.1) is 5.41 Å². The third kappa shape index (κ3) is 4.08. The summed E-state index contributed by atoms with van der Waals surface area (Å²) >= 11 is 0. The second-order valence-corrected chi connectivity index (χ2v) is 6.59. The molecule has 3 rings (SSSR count). The van der Waals surface area contributed by atoms with Gasteiger partial charge in [0.1, 0.15) is 6.61 Å². The van der Waals surface area contributed by atoms with E-state index >= 15 is 0 Å². The molecular weight excluding hydrogens is 278 g/mol. The summed E-state index contributed by atoms with van der Waals surface area (Å²) in [4.78, 5) is 12.0. The number of rotatable bonds is 7. The molecule has 1 N–H and O–H groups in total. The Morgan fingerprint density at radius 1 is 1.32 bits per heavy atom. The number of hydrogen-bond acceptors (Lipinski definition) is 3. The van der Waals surface area contributed by atoms with Gasteiger partial charge in [-0.1, -0.05) is 36.8 Å². The van der Waals surface area contributed by atoms with Gasteiger partial charge in [0.2, 0.25) is 5.91 Å². The monoisotopic (exact) mass is 303 g/mol. The molecule has 1 aliphatic heterocycles. The number of benzene rings is 1. The standard InChI is InChI=1S/C18H25NO3/c20-17(13-22-16-7-10-21-12-16)19-14-18(8-4-9-18)11-15-5-2-1-3-6-15/h1-3,5-6,16H,4,7-14H2,(H,19,20)/t16-/m0/s1. The van der Waals surface area contributed by atoms with Crippen LogP contribution in [0.15, 0.2) is 30.3 Å². The molecule has 1 aromatic carbocycles. The van der Waals surface area contributed by atoms with Crippen LogP contribution in [-0.2, 0) is 20.7 Å². The van der Waals surface area contributed by atoms with Crippen molar-refractivity contribution in [2.75, 3.05) is 26.4 Å². The van der Waals surface area contributed by atoms with Gasteiger partial charge in [-0.3, -0.25) is 4.79 Å². The van der Waals surface area contributed by atoms with Crippen LogP contribution in [0.1, 0.15) is 31.2 Å². The lowest BCUT2D eigenvalue weighted by Crippen LogP contribution is -2.44. The van der Waals surface area contributed by atoms with Gasteiger partial charge in [0, 0.05) is 13.2 Å². The maximum Gasteiger partial charge on any atom is 0.246 e. The smallest absolute Gasteiger partial charge is 0.246 e. The fraction of sp³-hybridized carbons (Fsp3) is 0.611. The van der Waals surface area contributed by atoms with Gasteiger partial charge in [0.25, 0.3) is 0 Å². The van der Waals surface area contributed by atoms with Gasteiger partial charge in [-0.05, 0) is 36.7 Å². The number of carbonyl (C=O) groups is 1. The first kappa shape index (κ1) is 15.5. The average molecular weight is 303 g/mol. The highest BCUT2D eigenvalue weighted by Crippen LogP contribution is 2.43. The van der Waals surface area contributed by atoms with Crippen molar-refractivity contribution in [3.05, 3.63) is 35.9 Å².